The molecular formula is C21H19ClN4O4. The van der Waals surface area contributed by atoms with Crippen molar-refractivity contribution in [2.75, 3.05) is 23.4 Å². The van der Waals surface area contributed by atoms with Crippen LogP contribution in [0.15, 0.2) is 52.9 Å². The van der Waals surface area contributed by atoms with Gasteiger partial charge in [0.2, 0.25) is 11.8 Å². The molecule has 1 fully saturated rings. The van der Waals surface area contributed by atoms with E-state index < -0.39 is 5.91 Å². The largest absolute Gasteiger partial charge is 0.494 e. The van der Waals surface area contributed by atoms with E-state index >= 15 is 0 Å². The molecule has 1 aliphatic rings. The lowest BCUT2D eigenvalue weighted by atomic mass is 10.1. The van der Waals surface area contributed by atoms with Gasteiger partial charge >= 0.3 is 6.01 Å². The summed E-state index contributed by atoms with van der Waals surface area (Å²) in [5.74, 6) is 0.353. The summed E-state index contributed by atoms with van der Waals surface area (Å²) in [5.41, 5.74) is 1.15. The zero-order chi connectivity index (χ0) is 21.1. The molecule has 2 heterocycles. The van der Waals surface area contributed by atoms with Gasteiger partial charge in [-0.2, -0.15) is 0 Å². The molecule has 1 aromatic heterocycles. The fourth-order valence-electron chi connectivity index (χ4n) is 3.26. The van der Waals surface area contributed by atoms with Crippen LogP contribution in [0.5, 0.6) is 5.75 Å². The van der Waals surface area contributed by atoms with Gasteiger partial charge in [-0.25, -0.2) is 0 Å². The van der Waals surface area contributed by atoms with Crippen molar-refractivity contribution >= 4 is 35.1 Å². The van der Waals surface area contributed by atoms with Gasteiger partial charge in [-0.05, 0) is 49.4 Å². The Hall–Kier alpha value is -3.39. The Labute approximate surface area is 177 Å². The predicted molar refractivity (Wildman–Crippen MR) is 111 cm³/mol. The zero-order valence-electron chi connectivity index (χ0n) is 16.2. The predicted octanol–water partition coefficient (Wildman–Crippen LogP) is 3.89. The van der Waals surface area contributed by atoms with Gasteiger partial charge in [0, 0.05) is 29.2 Å². The first-order valence-electron chi connectivity index (χ1n) is 9.47. The molecule has 1 saturated heterocycles. The van der Waals surface area contributed by atoms with E-state index in [-0.39, 0.29) is 24.3 Å². The maximum Gasteiger partial charge on any atom is 0.322 e. The number of nitrogens with zero attached hydrogens (tertiary/aromatic N) is 3. The van der Waals surface area contributed by atoms with Gasteiger partial charge in [-0.3, -0.25) is 14.9 Å². The van der Waals surface area contributed by atoms with E-state index in [0.29, 0.717) is 29.6 Å². The molecule has 1 atom stereocenters. The molecule has 0 saturated carbocycles. The van der Waals surface area contributed by atoms with Crippen LogP contribution in [-0.4, -0.2) is 35.2 Å². The minimum Gasteiger partial charge on any atom is -0.494 e. The zero-order valence-corrected chi connectivity index (χ0v) is 16.9. The number of carbonyl (C=O) groups is 2. The molecule has 154 valence electrons. The molecule has 4 rings (SSSR count). The fourth-order valence-corrected chi connectivity index (χ4v) is 3.45. The summed E-state index contributed by atoms with van der Waals surface area (Å²) in [5, 5.41) is 10.9. The molecule has 30 heavy (non-hydrogen) atoms. The minimum absolute atomic E-state index is 0.0260. The lowest BCUT2D eigenvalue weighted by Gasteiger charge is -2.16. The lowest BCUT2D eigenvalue weighted by Crippen LogP contribution is -2.24. The Balaban J connectivity index is 1.42. The Morgan fingerprint density at radius 2 is 2.07 bits per heavy atom. The highest BCUT2D eigenvalue weighted by molar-refractivity contribution is 6.31. The number of hydrogen-bond acceptors (Lipinski definition) is 6. The summed E-state index contributed by atoms with van der Waals surface area (Å²) in [6.07, 6.45) is 0.247. The molecule has 0 radical (unpaired) electrons. The van der Waals surface area contributed by atoms with Crippen LogP contribution in [0.4, 0.5) is 11.7 Å². The number of halogens is 1. The van der Waals surface area contributed by atoms with Crippen molar-refractivity contribution in [3.05, 3.63) is 65.0 Å². The van der Waals surface area contributed by atoms with E-state index in [2.05, 4.69) is 15.5 Å². The third kappa shape index (κ3) is 4.28. The average Bonchev–Trinajstić information content (AvgIpc) is 3.35. The standard InChI is InChI=1S/C21H19ClN4O4/c1-2-29-17-8-6-16(7-9-17)26-12-14(11-18(26)27)20-24-25-21(30-20)23-19(28)13-4-3-5-15(22)10-13/h3-10,14H,2,11-12H2,1H3,(H,23,25,28)/t14-/m1/s1. The Morgan fingerprint density at radius 3 is 2.80 bits per heavy atom. The number of ether oxygens (including phenoxy) is 1. The first-order valence-corrected chi connectivity index (χ1v) is 9.85. The van der Waals surface area contributed by atoms with Gasteiger partial charge in [0.05, 0.1) is 12.5 Å². The maximum atomic E-state index is 12.5. The van der Waals surface area contributed by atoms with Crippen molar-refractivity contribution in [2.24, 2.45) is 0 Å². The first kappa shape index (κ1) is 19.9. The van der Waals surface area contributed by atoms with Crippen LogP contribution in [0, 0.1) is 0 Å². The first-order chi connectivity index (χ1) is 14.5. The molecular weight excluding hydrogens is 408 g/mol. The highest BCUT2D eigenvalue weighted by Gasteiger charge is 2.35. The van der Waals surface area contributed by atoms with Crippen LogP contribution in [0.2, 0.25) is 5.02 Å². The van der Waals surface area contributed by atoms with E-state index in [1.165, 1.54) is 0 Å². The third-order valence-corrected chi connectivity index (χ3v) is 4.92. The normalized spacial score (nSPS) is 16.0. The molecule has 1 N–H and O–H groups in total. The highest BCUT2D eigenvalue weighted by atomic mass is 35.5. The number of carbonyl (C=O) groups excluding carboxylic acids is 2. The van der Waals surface area contributed by atoms with E-state index in [0.717, 1.165) is 11.4 Å². The van der Waals surface area contributed by atoms with Gasteiger partial charge in [0.25, 0.3) is 5.91 Å². The summed E-state index contributed by atoms with van der Waals surface area (Å²) in [4.78, 5) is 26.5. The van der Waals surface area contributed by atoms with Crippen molar-refractivity contribution in [3.63, 3.8) is 0 Å². The number of amides is 2. The Morgan fingerprint density at radius 1 is 1.27 bits per heavy atom. The molecule has 2 amide bonds. The van der Waals surface area contributed by atoms with Crippen molar-refractivity contribution < 1.29 is 18.7 Å². The van der Waals surface area contributed by atoms with Gasteiger partial charge in [-0.1, -0.05) is 22.8 Å². The van der Waals surface area contributed by atoms with Crippen LogP contribution in [-0.2, 0) is 4.79 Å². The molecule has 0 aliphatic carbocycles. The second-order valence-corrected chi connectivity index (χ2v) is 7.18. The van der Waals surface area contributed by atoms with Gasteiger partial charge in [0.1, 0.15) is 5.75 Å². The van der Waals surface area contributed by atoms with E-state index in [1.54, 1.807) is 29.2 Å². The van der Waals surface area contributed by atoms with Crippen molar-refractivity contribution in [3.8, 4) is 5.75 Å². The molecule has 9 heteroatoms. The van der Waals surface area contributed by atoms with Gasteiger partial charge in [-0.15, -0.1) is 5.10 Å². The van der Waals surface area contributed by atoms with Crippen molar-refractivity contribution in [2.45, 2.75) is 19.3 Å². The quantitative estimate of drug-likeness (QED) is 0.642. The number of anilines is 2. The molecule has 1 aliphatic heterocycles. The summed E-state index contributed by atoms with van der Waals surface area (Å²) < 4.78 is 11.0. The SMILES string of the molecule is CCOc1ccc(N2C[C@H](c3nnc(NC(=O)c4cccc(Cl)c4)o3)CC2=O)cc1. The van der Waals surface area contributed by atoms with E-state index in [1.807, 2.05) is 31.2 Å². The lowest BCUT2D eigenvalue weighted by molar-refractivity contribution is -0.117. The summed E-state index contributed by atoms with van der Waals surface area (Å²) in [6, 6.07) is 13.8. The van der Waals surface area contributed by atoms with Gasteiger partial charge < -0.3 is 14.1 Å². The Bertz CT molecular complexity index is 1070. The van der Waals surface area contributed by atoms with Gasteiger partial charge in [0.15, 0.2) is 0 Å². The third-order valence-electron chi connectivity index (χ3n) is 4.68. The van der Waals surface area contributed by atoms with Crippen LogP contribution < -0.4 is 15.0 Å². The topological polar surface area (TPSA) is 97.6 Å². The second-order valence-electron chi connectivity index (χ2n) is 6.74. The molecule has 0 unspecified atom stereocenters. The maximum absolute atomic E-state index is 12.5. The minimum atomic E-state index is -0.411. The average molecular weight is 427 g/mol. The van der Waals surface area contributed by atoms with Crippen molar-refractivity contribution in [1.29, 1.82) is 0 Å². The molecule has 0 bridgehead atoms. The molecule has 8 nitrogen and oxygen atoms in total. The Kier molecular flexibility index (Phi) is 5.67. The van der Waals surface area contributed by atoms with Crippen molar-refractivity contribution in [1.82, 2.24) is 10.2 Å². The highest BCUT2D eigenvalue weighted by Crippen LogP contribution is 2.32. The molecule has 3 aromatic rings. The van der Waals surface area contributed by atoms with E-state index in [4.69, 9.17) is 20.8 Å². The van der Waals surface area contributed by atoms with E-state index in [9.17, 15) is 9.59 Å². The summed E-state index contributed by atoms with van der Waals surface area (Å²) in [7, 11) is 0. The number of aromatic nitrogens is 2. The molecule has 2 aromatic carbocycles. The molecule has 0 spiro atoms. The van der Waals surface area contributed by atoms with Crippen LogP contribution >= 0.6 is 11.6 Å². The number of nitrogens with one attached hydrogen (secondary N) is 1. The second kappa shape index (κ2) is 8.54. The summed E-state index contributed by atoms with van der Waals surface area (Å²) in [6.45, 7) is 2.91. The van der Waals surface area contributed by atoms with Crippen LogP contribution in [0.25, 0.3) is 0 Å². The van der Waals surface area contributed by atoms with Crippen LogP contribution in [0.1, 0.15) is 35.5 Å². The number of rotatable bonds is 6. The monoisotopic (exact) mass is 426 g/mol. The number of hydrogen-bond donors (Lipinski definition) is 1. The summed E-state index contributed by atoms with van der Waals surface area (Å²) >= 11 is 5.91. The van der Waals surface area contributed by atoms with Crippen LogP contribution in [0.3, 0.4) is 0 Å². The fraction of sp³-hybridized carbons (Fsp3) is 0.238. The number of benzene rings is 2. The smallest absolute Gasteiger partial charge is 0.322 e.